The summed E-state index contributed by atoms with van der Waals surface area (Å²) in [7, 11) is 0. The van der Waals surface area contributed by atoms with Crippen molar-refractivity contribution in [2.24, 2.45) is 10.9 Å². The standard InChI is InChI=1S/C13H20FN3O2/c14-12-7-10(6-11(8-12)13(15)17-19)9-16-4-2-1-3-5-18/h6-8,16,18-19H,1-5,9H2,(H2,15,17). The summed E-state index contributed by atoms with van der Waals surface area (Å²) < 4.78 is 13.4. The van der Waals surface area contributed by atoms with Crippen LogP contribution < -0.4 is 11.1 Å². The van der Waals surface area contributed by atoms with Crippen LogP contribution in [0.15, 0.2) is 23.4 Å². The topological polar surface area (TPSA) is 90.9 Å². The van der Waals surface area contributed by atoms with E-state index in [1.807, 2.05) is 0 Å². The van der Waals surface area contributed by atoms with Gasteiger partial charge < -0.3 is 21.4 Å². The Bertz CT molecular complexity index is 424. The highest BCUT2D eigenvalue weighted by molar-refractivity contribution is 5.97. The lowest BCUT2D eigenvalue weighted by Crippen LogP contribution is -2.17. The van der Waals surface area contributed by atoms with Gasteiger partial charge in [0.05, 0.1) is 0 Å². The lowest BCUT2D eigenvalue weighted by Gasteiger charge is -2.07. The molecule has 0 aromatic heterocycles. The minimum absolute atomic E-state index is 0.108. The molecule has 5 nitrogen and oxygen atoms in total. The summed E-state index contributed by atoms with van der Waals surface area (Å²) in [4.78, 5) is 0. The number of aliphatic hydroxyl groups is 1. The maximum absolute atomic E-state index is 13.4. The molecule has 0 atom stereocenters. The van der Waals surface area contributed by atoms with Crippen LogP contribution in [-0.4, -0.2) is 29.3 Å². The fraction of sp³-hybridized carbons (Fsp3) is 0.462. The van der Waals surface area contributed by atoms with Crippen LogP contribution >= 0.6 is 0 Å². The number of halogens is 1. The minimum atomic E-state index is -0.416. The predicted octanol–water partition coefficient (Wildman–Crippen LogP) is 1.17. The first-order valence-electron chi connectivity index (χ1n) is 6.26. The van der Waals surface area contributed by atoms with Gasteiger partial charge in [0.2, 0.25) is 0 Å². The molecular weight excluding hydrogens is 249 g/mol. The Morgan fingerprint density at radius 2 is 2.05 bits per heavy atom. The second-order valence-corrected chi connectivity index (χ2v) is 4.29. The van der Waals surface area contributed by atoms with E-state index in [0.29, 0.717) is 12.1 Å². The van der Waals surface area contributed by atoms with E-state index in [9.17, 15) is 4.39 Å². The second kappa shape index (κ2) is 8.44. The molecule has 0 bridgehead atoms. The SMILES string of the molecule is N/C(=N/O)c1cc(F)cc(CNCCCCCO)c1. The van der Waals surface area contributed by atoms with Crippen LogP contribution in [0.4, 0.5) is 4.39 Å². The van der Waals surface area contributed by atoms with Crippen LogP contribution in [0.1, 0.15) is 30.4 Å². The summed E-state index contributed by atoms with van der Waals surface area (Å²) in [6.45, 7) is 1.53. The molecule has 0 fully saturated rings. The van der Waals surface area contributed by atoms with Crippen molar-refractivity contribution in [3.8, 4) is 0 Å². The number of nitrogens with zero attached hydrogens (tertiary/aromatic N) is 1. The van der Waals surface area contributed by atoms with Crippen LogP contribution in [-0.2, 0) is 6.54 Å². The smallest absolute Gasteiger partial charge is 0.170 e. The molecule has 0 unspecified atom stereocenters. The molecule has 0 saturated heterocycles. The number of amidine groups is 1. The first-order chi connectivity index (χ1) is 9.17. The highest BCUT2D eigenvalue weighted by Crippen LogP contribution is 2.09. The third kappa shape index (κ3) is 5.67. The number of benzene rings is 1. The summed E-state index contributed by atoms with van der Waals surface area (Å²) in [6, 6.07) is 4.31. The minimum Gasteiger partial charge on any atom is -0.409 e. The molecule has 1 rings (SSSR count). The fourth-order valence-electron chi connectivity index (χ4n) is 1.73. The quantitative estimate of drug-likeness (QED) is 0.187. The van der Waals surface area contributed by atoms with Gasteiger partial charge in [0.15, 0.2) is 5.84 Å². The number of hydrogen-bond acceptors (Lipinski definition) is 4. The lowest BCUT2D eigenvalue weighted by molar-refractivity contribution is 0.283. The molecular formula is C13H20FN3O2. The predicted molar refractivity (Wildman–Crippen MR) is 71.6 cm³/mol. The summed E-state index contributed by atoms with van der Waals surface area (Å²) in [5.74, 6) is -0.523. The molecule has 1 aromatic carbocycles. The first kappa shape index (κ1) is 15.4. The van der Waals surface area contributed by atoms with Crippen molar-refractivity contribution in [2.45, 2.75) is 25.8 Å². The Labute approximate surface area is 111 Å². The monoisotopic (exact) mass is 269 g/mol. The van der Waals surface area contributed by atoms with E-state index in [-0.39, 0.29) is 12.4 Å². The van der Waals surface area contributed by atoms with Gasteiger partial charge in [0.1, 0.15) is 5.82 Å². The molecule has 1 aromatic rings. The van der Waals surface area contributed by atoms with Gasteiger partial charge >= 0.3 is 0 Å². The Hall–Kier alpha value is -1.66. The molecule has 0 aliphatic rings. The zero-order chi connectivity index (χ0) is 14.1. The lowest BCUT2D eigenvalue weighted by atomic mass is 10.1. The van der Waals surface area contributed by atoms with E-state index in [1.165, 1.54) is 12.1 Å². The molecule has 19 heavy (non-hydrogen) atoms. The van der Waals surface area contributed by atoms with Gasteiger partial charge in [-0.05, 0) is 49.6 Å². The van der Waals surface area contributed by atoms with Gasteiger partial charge in [0.25, 0.3) is 0 Å². The summed E-state index contributed by atoms with van der Waals surface area (Å²) in [5, 5.41) is 23.2. The van der Waals surface area contributed by atoms with Crippen molar-refractivity contribution in [3.63, 3.8) is 0 Å². The van der Waals surface area contributed by atoms with Crippen LogP contribution in [0.2, 0.25) is 0 Å². The van der Waals surface area contributed by atoms with Crippen molar-refractivity contribution in [2.75, 3.05) is 13.2 Å². The molecule has 0 aliphatic heterocycles. The largest absolute Gasteiger partial charge is 0.409 e. The highest BCUT2D eigenvalue weighted by Gasteiger charge is 2.04. The number of unbranched alkanes of at least 4 members (excludes halogenated alkanes) is 2. The average Bonchev–Trinajstić information content (AvgIpc) is 2.41. The summed E-state index contributed by atoms with van der Waals surface area (Å²) in [5.41, 5.74) is 6.53. The van der Waals surface area contributed by atoms with E-state index < -0.39 is 5.82 Å². The Balaban J connectivity index is 2.47. The Morgan fingerprint density at radius 3 is 2.74 bits per heavy atom. The molecule has 5 N–H and O–H groups in total. The maximum Gasteiger partial charge on any atom is 0.170 e. The Morgan fingerprint density at radius 1 is 1.26 bits per heavy atom. The second-order valence-electron chi connectivity index (χ2n) is 4.29. The van der Waals surface area contributed by atoms with Crippen molar-refractivity contribution in [1.82, 2.24) is 5.32 Å². The van der Waals surface area contributed by atoms with Crippen LogP contribution in [0.25, 0.3) is 0 Å². The normalized spacial score (nSPS) is 11.8. The highest BCUT2D eigenvalue weighted by atomic mass is 19.1. The number of aliphatic hydroxyl groups excluding tert-OH is 1. The van der Waals surface area contributed by atoms with Crippen molar-refractivity contribution < 1.29 is 14.7 Å². The van der Waals surface area contributed by atoms with Gasteiger partial charge in [-0.3, -0.25) is 0 Å². The van der Waals surface area contributed by atoms with Gasteiger partial charge in [-0.1, -0.05) is 5.16 Å². The van der Waals surface area contributed by atoms with Crippen LogP contribution in [0.3, 0.4) is 0 Å². The number of rotatable bonds is 8. The zero-order valence-electron chi connectivity index (χ0n) is 10.8. The van der Waals surface area contributed by atoms with Gasteiger partial charge in [-0.25, -0.2) is 4.39 Å². The third-order valence-corrected chi connectivity index (χ3v) is 2.70. The van der Waals surface area contributed by atoms with Gasteiger partial charge in [-0.15, -0.1) is 0 Å². The maximum atomic E-state index is 13.4. The van der Waals surface area contributed by atoms with Crippen molar-refractivity contribution in [3.05, 3.63) is 35.1 Å². The molecule has 0 spiro atoms. The fourth-order valence-corrected chi connectivity index (χ4v) is 1.73. The molecule has 6 heteroatoms. The van der Waals surface area contributed by atoms with E-state index in [2.05, 4.69) is 10.5 Å². The number of nitrogens with two attached hydrogens (primary N) is 1. The van der Waals surface area contributed by atoms with E-state index in [0.717, 1.165) is 31.4 Å². The van der Waals surface area contributed by atoms with Crippen LogP contribution in [0.5, 0.6) is 0 Å². The zero-order valence-corrected chi connectivity index (χ0v) is 10.8. The molecule has 0 aliphatic carbocycles. The van der Waals surface area contributed by atoms with E-state index in [4.69, 9.17) is 16.0 Å². The van der Waals surface area contributed by atoms with Crippen LogP contribution in [0, 0.1) is 5.82 Å². The molecule has 106 valence electrons. The molecule has 0 radical (unpaired) electrons. The number of nitrogens with one attached hydrogen (secondary N) is 1. The first-order valence-corrected chi connectivity index (χ1v) is 6.26. The van der Waals surface area contributed by atoms with E-state index >= 15 is 0 Å². The summed E-state index contributed by atoms with van der Waals surface area (Å²) >= 11 is 0. The Kier molecular flexibility index (Phi) is 6.84. The number of hydrogen-bond donors (Lipinski definition) is 4. The van der Waals surface area contributed by atoms with Crippen molar-refractivity contribution in [1.29, 1.82) is 0 Å². The number of oxime groups is 1. The van der Waals surface area contributed by atoms with Gasteiger partial charge in [-0.2, -0.15) is 0 Å². The molecule has 0 saturated carbocycles. The third-order valence-electron chi connectivity index (χ3n) is 2.70. The van der Waals surface area contributed by atoms with Crippen molar-refractivity contribution >= 4 is 5.84 Å². The van der Waals surface area contributed by atoms with E-state index in [1.54, 1.807) is 6.07 Å². The van der Waals surface area contributed by atoms with Gasteiger partial charge in [0, 0.05) is 18.7 Å². The molecule has 0 amide bonds. The average molecular weight is 269 g/mol. The summed E-state index contributed by atoms with van der Waals surface area (Å²) in [6.07, 6.45) is 2.72. The molecule has 0 heterocycles.